The minimum atomic E-state index is -4.28. The first-order valence-electron chi connectivity index (χ1n) is 14.2. The minimum Gasteiger partial charge on any atom is -0.550 e. The van der Waals surface area contributed by atoms with Crippen molar-refractivity contribution < 1.29 is 66.9 Å². The van der Waals surface area contributed by atoms with Crippen LogP contribution in [0.15, 0.2) is 83.8 Å². The first-order chi connectivity index (χ1) is 20.8. The second kappa shape index (κ2) is 15.5. The number of aliphatic hydroxyl groups excluding tert-OH is 2. The molecule has 4 rings (SSSR count). The number of carbonyl (C=O) groups is 1. The van der Waals surface area contributed by atoms with Crippen LogP contribution in [-0.4, -0.2) is 48.4 Å². The SMILES string of the molecule is CC(C)c1c(S(=O)(=O)N(C)c2ccccc2)c(-c2ccc(F)cc2)c(-c2ccc(F)cc2)n1CC[C@@H](O)C[C@@H](O)CC(=O)[O-].[Na+]. The number of carboxylic acid groups (broad SMARTS) is 1. The largest absolute Gasteiger partial charge is 1.00 e. The summed E-state index contributed by atoms with van der Waals surface area (Å²) in [4.78, 5) is 10.9. The molecule has 3 aromatic carbocycles. The van der Waals surface area contributed by atoms with E-state index in [0.717, 1.165) is 0 Å². The summed E-state index contributed by atoms with van der Waals surface area (Å²) < 4.78 is 60.3. The molecule has 0 fully saturated rings. The third-order valence-electron chi connectivity index (χ3n) is 7.43. The van der Waals surface area contributed by atoms with Crippen molar-refractivity contribution in [2.24, 2.45) is 0 Å². The number of rotatable bonds is 13. The number of benzene rings is 3. The van der Waals surface area contributed by atoms with E-state index in [-0.39, 0.29) is 65.3 Å². The molecule has 1 heterocycles. The maximum atomic E-state index is 14.6. The molecule has 0 unspecified atom stereocenters. The summed E-state index contributed by atoms with van der Waals surface area (Å²) in [6, 6.07) is 19.5. The first-order valence-corrected chi connectivity index (χ1v) is 15.6. The van der Waals surface area contributed by atoms with Crippen LogP contribution < -0.4 is 39.0 Å². The number of aliphatic hydroxyl groups is 2. The van der Waals surface area contributed by atoms with Crippen molar-refractivity contribution in [1.29, 1.82) is 0 Å². The van der Waals surface area contributed by atoms with Gasteiger partial charge in [-0.15, -0.1) is 0 Å². The van der Waals surface area contributed by atoms with Crippen LogP contribution in [0, 0.1) is 11.6 Å². The monoisotopic (exact) mass is 648 g/mol. The van der Waals surface area contributed by atoms with Crippen molar-refractivity contribution in [1.82, 2.24) is 4.57 Å². The number of sulfonamides is 1. The average Bonchev–Trinajstić information content (AvgIpc) is 3.32. The number of aliphatic carboxylic acids is 1. The van der Waals surface area contributed by atoms with Crippen LogP contribution in [0.3, 0.4) is 0 Å². The quantitative estimate of drug-likeness (QED) is 0.213. The Morgan fingerprint density at radius 3 is 1.93 bits per heavy atom. The number of hydrogen-bond acceptors (Lipinski definition) is 6. The van der Waals surface area contributed by atoms with Gasteiger partial charge >= 0.3 is 29.6 Å². The standard InChI is InChI=1S/C33H36F2N2O6S.Na/c1-21(2)31-33(44(42,43)36(3)26-7-5-4-6-8-26)30(22-9-13-24(34)14-10-22)32(23-11-15-25(35)16-12-23)37(31)18-17-27(38)19-28(39)20-29(40)41;/h4-16,21,27-28,38-39H,17-20H2,1-3H3,(H,40,41);/q;+1/p-1/t27-,28-;/m1./s1. The molecule has 1 aromatic heterocycles. The molecule has 0 aliphatic rings. The maximum absolute atomic E-state index is 14.6. The summed E-state index contributed by atoms with van der Waals surface area (Å²) in [6.45, 7) is 3.73. The first kappa shape index (κ1) is 36.4. The van der Waals surface area contributed by atoms with Crippen molar-refractivity contribution in [3.63, 3.8) is 0 Å². The van der Waals surface area contributed by atoms with Gasteiger partial charge in [-0.25, -0.2) is 17.2 Å². The van der Waals surface area contributed by atoms with Crippen molar-refractivity contribution in [2.45, 2.75) is 62.7 Å². The summed E-state index contributed by atoms with van der Waals surface area (Å²) in [5.41, 5.74) is 2.44. The molecule has 0 radical (unpaired) electrons. The molecule has 8 nitrogen and oxygen atoms in total. The van der Waals surface area contributed by atoms with Crippen LogP contribution in [0.1, 0.15) is 44.7 Å². The van der Waals surface area contributed by atoms with E-state index in [4.69, 9.17) is 0 Å². The average molecular weight is 649 g/mol. The molecular weight excluding hydrogens is 613 g/mol. The van der Waals surface area contributed by atoms with Gasteiger partial charge in [0.2, 0.25) is 0 Å². The molecule has 234 valence electrons. The fourth-order valence-corrected chi connectivity index (χ4v) is 7.13. The molecule has 2 N–H and O–H groups in total. The topological polar surface area (TPSA) is 123 Å². The molecule has 0 amide bonds. The van der Waals surface area contributed by atoms with Crippen LogP contribution in [0.4, 0.5) is 14.5 Å². The summed E-state index contributed by atoms with van der Waals surface area (Å²) >= 11 is 0. The Hall–Kier alpha value is -3.06. The van der Waals surface area contributed by atoms with Crippen molar-refractivity contribution in [3.8, 4) is 22.4 Å². The second-order valence-electron chi connectivity index (χ2n) is 11.0. The fourth-order valence-electron chi connectivity index (χ4n) is 5.37. The molecule has 0 aliphatic carbocycles. The number of hydrogen-bond donors (Lipinski definition) is 2. The van der Waals surface area contributed by atoms with Crippen LogP contribution >= 0.6 is 0 Å². The van der Waals surface area contributed by atoms with Gasteiger partial charge in [-0.3, -0.25) is 4.31 Å². The van der Waals surface area contributed by atoms with Crippen LogP contribution in [0.2, 0.25) is 0 Å². The summed E-state index contributed by atoms with van der Waals surface area (Å²) in [7, 11) is -2.83. The van der Waals surface area contributed by atoms with E-state index < -0.39 is 46.3 Å². The third-order valence-corrected chi connectivity index (χ3v) is 9.29. The summed E-state index contributed by atoms with van der Waals surface area (Å²) in [5, 5.41) is 31.7. The van der Waals surface area contributed by atoms with E-state index in [1.54, 1.807) is 34.9 Å². The molecule has 0 bridgehead atoms. The zero-order valence-corrected chi connectivity index (χ0v) is 28.5. The van der Waals surface area contributed by atoms with E-state index in [2.05, 4.69) is 0 Å². The van der Waals surface area contributed by atoms with Gasteiger partial charge in [-0.1, -0.05) is 44.2 Å². The van der Waals surface area contributed by atoms with Crippen molar-refractivity contribution >= 4 is 21.7 Å². The van der Waals surface area contributed by atoms with E-state index in [9.17, 15) is 37.3 Å². The number of halogens is 2. The zero-order chi connectivity index (χ0) is 32.2. The van der Waals surface area contributed by atoms with E-state index >= 15 is 0 Å². The summed E-state index contributed by atoms with van der Waals surface area (Å²) in [6.07, 6.45) is -3.30. The Labute approximate surface area is 284 Å². The number of carbonyl (C=O) groups excluding carboxylic acids is 1. The Morgan fingerprint density at radius 2 is 1.42 bits per heavy atom. The molecular formula is C33H35F2N2NaO6S. The third kappa shape index (κ3) is 8.41. The van der Waals surface area contributed by atoms with Gasteiger partial charge in [0.15, 0.2) is 0 Å². The van der Waals surface area contributed by atoms with Crippen LogP contribution in [-0.2, 0) is 21.4 Å². The number of anilines is 1. The van der Waals surface area contributed by atoms with E-state index in [1.165, 1.54) is 59.9 Å². The number of para-hydroxylation sites is 1. The molecule has 45 heavy (non-hydrogen) atoms. The number of nitrogens with zero attached hydrogens (tertiary/aromatic N) is 2. The van der Waals surface area contributed by atoms with Gasteiger partial charge in [-0.2, -0.15) is 0 Å². The molecule has 2 atom stereocenters. The Morgan fingerprint density at radius 1 is 0.889 bits per heavy atom. The molecule has 0 saturated heterocycles. The number of carboxylic acids is 1. The fraction of sp³-hybridized carbons (Fsp3) is 0.303. The minimum absolute atomic E-state index is 0. The van der Waals surface area contributed by atoms with Crippen LogP contribution in [0.25, 0.3) is 22.4 Å². The smallest absolute Gasteiger partial charge is 0.550 e. The molecule has 12 heteroatoms. The van der Waals surface area contributed by atoms with Gasteiger partial charge in [0.25, 0.3) is 10.0 Å². The van der Waals surface area contributed by atoms with E-state index in [0.29, 0.717) is 28.2 Å². The Balaban J connectivity index is 0.00000552. The predicted octanol–water partition coefficient (Wildman–Crippen LogP) is 1.69. The number of aromatic nitrogens is 1. The zero-order valence-electron chi connectivity index (χ0n) is 25.7. The molecule has 0 spiro atoms. The molecule has 0 aliphatic heterocycles. The summed E-state index contributed by atoms with van der Waals surface area (Å²) in [5.74, 6) is -2.83. The Kier molecular flexibility index (Phi) is 12.5. The van der Waals surface area contributed by atoms with Crippen molar-refractivity contribution in [2.75, 3.05) is 11.4 Å². The van der Waals surface area contributed by atoms with Gasteiger partial charge in [0.1, 0.15) is 16.5 Å². The maximum Gasteiger partial charge on any atom is 1.00 e. The van der Waals surface area contributed by atoms with E-state index in [1.807, 2.05) is 13.8 Å². The molecule has 0 saturated carbocycles. The van der Waals surface area contributed by atoms with Gasteiger partial charge < -0.3 is 24.7 Å². The second-order valence-corrected chi connectivity index (χ2v) is 12.9. The normalized spacial score (nSPS) is 12.9. The van der Waals surface area contributed by atoms with Crippen LogP contribution in [0.5, 0.6) is 0 Å². The Bertz CT molecular complexity index is 1700. The van der Waals surface area contributed by atoms with Gasteiger partial charge in [-0.05, 0) is 78.4 Å². The molecule has 4 aromatic rings. The van der Waals surface area contributed by atoms with Gasteiger partial charge in [0.05, 0.1) is 23.6 Å². The van der Waals surface area contributed by atoms with Gasteiger partial charge in [0, 0.05) is 37.2 Å². The van der Waals surface area contributed by atoms with Crippen molar-refractivity contribution in [3.05, 3.63) is 96.2 Å². The predicted molar refractivity (Wildman–Crippen MR) is 162 cm³/mol.